The molecule has 0 amide bonds. The van der Waals surface area contributed by atoms with Crippen molar-refractivity contribution in [2.45, 2.75) is 80.1 Å². The van der Waals surface area contributed by atoms with E-state index in [-0.39, 0.29) is 0 Å². The largest absolute Gasteiger partial charge is 0.383 e. The van der Waals surface area contributed by atoms with E-state index in [0.717, 1.165) is 24.7 Å². The van der Waals surface area contributed by atoms with E-state index < -0.39 is 0 Å². The molecule has 1 N–H and O–H groups in total. The number of hydrogen-bond acceptors (Lipinski definition) is 2. The summed E-state index contributed by atoms with van der Waals surface area (Å²) in [5.74, 6) is 1.69. The number of carbonyl (C=O) groups excluding carboxylic acids is 1. The van der Waals surface area contributed by atoms with Crippen LogP contribution in [0.5, 0.6) is 0 Å². The minimum atomic E-state index is 0.660. The Hall–Kier alpha value is -1.05. The third-order valence-corrected chi connectivity index (χ3v) is 3.78. The highest BCUT2D eigenvalue weighted by Crippen LogP contribution is 2.23. The van der Waals surface area contributed by atoms with Gasteiger partial charge >= 0.3 is 0 Å². The molecule has 0 aliphatic rings. The van der Waals surface area contributed by atoms with Gasteiger partial charge in [0.1, 0.15) is 0 Å². The van der Waals surface area contributed by atoms with Crippen molar-refractivity contribution < 1.29 is 4.79 Å². The van der Waals surface area contributed by atoms with Crippen LogP contribution < -0.4 is 5.32 Å². The molecule has 2 nitrogen and oxygen atoms in total. The molecule has 0 heterocycles. The first-order valence-electron chi connectivity index (χ1n) is 9.12. The quantitative estimate of drug-likeness (QED) is 0.293. The van der Waals surface area contributed by atoms with Crippen molar-refractivity contribution in [3.05, 3.63) is 23.9 Å². The first-order chi connectivity index (χ1) is 10.6. The zero-order chi connectivity index (χ0) is 17.2. The normalized spacial score (nSPS) is 13.0. The van der Waals surface area contributed by atoms with Crippen LogP contribution in [0.1, 0.15) is 80.1 Å². The van der Waals surface area contributed by atoms with Gasteiger partial charge in [-0.2, -0.15) is 0 Å². The van der Waals surface area contributed by atoms with Crippen LogP contribution in [0.2, 0.25) is 0 Å². The maximum absolute atomic E-state index is 10.00. The molecule has 22 heavy (non-hydrogen) atoms. The molecule has 0 spiro atoms. The van der Waals surface area contributed by atoms with Crippen LogP contribution in [0.15, 0.2) is 23.9 Å². The molecule has 0 aliphatic carbocycles. The van der Waals surface area contributed by atoms with Crippen molar-refractivity contribution in [3.8, 4) is 0 Å². The standard InChI is InChI=1S/C14H28.C6H11NO/c1-5-8-9-12-13(4)14(10-6-2)11-7-3;1-3-6(5-8)7-4-2/h9,12-14H,5-8,10-11H2,1-4H3;3,5,7H,4H2,1-2H3/b12-9+;6-3-. The van der Waals surface area contributed by atoms with E-state index in [4.69, 9.17) is 0 Å². The Balaban J connectivity index is 0. The summed E-state index contributed by atoms with van der Waals surface area (Å²) in [7, 11) is 0. The van der Waals surface area contributed by atoms with Gasteiger partial charge in [0.15, 0.2) is 6.29 Å². The third-order valence-electron chi connectivity index (χ3n) is 3.78. The lowest BCUT2D eigenvalue weighted by molar-refractivity contribution is -0.105. The van der Waals surface area contributed by atoms with Gasteiger partial charge in [-0.1, -0.05) is 78.0 Å². The first kappa shape index (κ1) is 23.2. The van der Waals surface area contributed by atoms with Gasteiger partial charge in [-0.05, 0) is 32.1 Å². The summed E-state index contributed by atoms with van der Waals surface area (Å²) >= 11 is 0. The number of rotatable bonds is 11. The van der Waals surface area contributed by atoms with Crippen molar-refractivity contribution in [1.29, 1.82) is 0 Å². The highest BCUT2D eigenvalue weighted by Gasteiger charge is 2.12. The van der Waals surface area contributed by atoms with Crippen molar-refractivity contribution in [1.82, 2.24) is 5.32 Å². The van der Waals surface area contributed by atoms with Crippen LogP contribution in [0.3, 0.4) is 0 Å². The Morgan fingerprint density at radius 1 is 1.05 bits per heavy atom. The maximum atomic E-state index is 10.00. The molecule has 0 saturated heterocycles. The van der Waals surface area contributed by atoms with E-state index >= 15 is 0 Å². The minimum absolute atomic E-state index is 0.660. The summed E-state index contributed by atoms with van der Waals surface area (Å²) in [6, 6.07) is 0. The fourth-order valence-corrected chi connectivity index (χ4v) is 2.46. The second-order valence-electron chi connectivity index (χ2n) is 5.81. The van der Waals surface area contributed by atoms with E-state index in [1.807, 2.05) is 13.8 Å². The number of likely N-dealkylation sites (N-methyl/N-ethyl adjacent to an activating group) is 1. The first-order valence-corrected chi connectivity index (χ1v) is 9.12. The lowest BCUT2D eigenvalue weighted by atomic mass is 9.86. The van der Waals surface area contributed by atoms with Gasteiger partial charge in [-0.15, -0.1) is 0 Å². The molecule has 0 aromatic rings. The molecule has 130 valence electrons. The van der Waals surface area contributed by atoms with E-state index in [0.29, 0.717) is 5.70 Å². The van der Waals surface area contributed by atoms with Crippen LogP contribution in [0, 0.1) is 11.8 Å². The topological polar surface area (TPSA) is 29.1 Å². The Kier molecular flexibility index (Phi) is 19.0. The van der Waals surface area contributed by atoms with Gasteiger partial charge in [0.25, 0.3) is 0 Å². The van der Waals surface area contributed by atoms with E-state index in [2.05, 4.69) is 45.2 Å². The molecule has 1 atom stereocenters. The number of carbonyl (C=O) groups is 1. The third kappa shape index (κ3) is 13.9. The average molecular weight is 310 g/mol. The molecule has 0 saturated carbocycles. The van der Waals surface area contributed by atoms with Gasteiger partial charge in [0, 0.05) is 6.54 Å². The number of hydrogen-bond donors (Lipinski definition) is 1. The smallest absolute Gasteiger partial charge is 0.165 e. The summed E-state index contributed by atoms with van der Waals surface area (Å²) in [5, 5.41) is 2.88. The zero-order valence-electron chi connectivity index (χ0n) is 15.8. The van der Waals surface area contributed by atoms with Crippen molar-refractivity contribution >= 4 is 6.29 Å². The molecular formula is C20H39NO. The SMILES string of the molecule is C/C=C(/C=O)NCC.CCC/C=C/C(C)C(CCC)CCC. The Bertz CT molecular complexity index is 288. The predicted octanol–water partition coefficient (Wildman–Crippen LogP) is 5.89. The number of unbranched alkanes of at least 4 members (excludes halogenated alkanes) is 1. The van der Waals surface area contributed by atoms with Gasteiger partial charge in [-0.25, -0.2) is 0 Å². The molecule has 2 heteroatoms. The Morgan fingerprint density at radius 2 is 1.64 bits per heavy atom. The molecule has 0 aromatic heterocycles. The summed E-state index contributed by atoms with van der Waals surface area (Å²) in [6.07, 6.45) is 15.3. The summed E-state index contributed by atoms with van der Waals surface area (Å²) < 4.78 is 0. The Morgan fingerprint density at radius 3 is 1.95 bits per heavy atom. The highest BCUT2D eigenvalue weighted by atomic mass is 16.1. The Labute approximate surface area is 139 Å². The molecule has 0 rings (SSSR count). The van der Waals surface area contributed by atoms with Crippen LogP contribution in [0.25, 0.3) is 0 Å². The molecule has 1 unspecified atom stereocenters. The molecule has 0 bridgehead atoms. The fourth-order valence-electron chi connectivity index (χ4n) is 2.46. The van der Waals surface area contributed by atoms with Gasteiger partial charge < -0.3 is 5.32 Å². The molecule has 0 aromatic carbocycles. The monoisotopic (exact) mass is 309 g/mol. The fraction of sp³-hybridized carbons (Fsp3) is 0.750. The minimum Gasteiger partial charge on any atom is -0.383 e. The number of aldehydes is 1. The van der Waals surface area contributed by atoms with Crippen molar-refractivity contribution in [2.75, 3.05) is 6.54 Å². The molecular weight excluding hydrogens is 270 g/mol. The van der Waals surface area contributed by atoms with Gasteiger partial charge in [-0.3, -0.25) is 4.79 Å². The molecule has 0 radical (unpaired) electrons. The lowest BCUT2D eigenvalue weighted by Crippen LogP contribution is -2.12. The second-order valence-corrected chi connectivity index (χ2v) is 5.81. The van der Waals surface area contributed by atoms with E-state index in [1.165, 1.54) is 38.5 Å². The van der Waals surface area contributed by atoms with E-state index in [9.17, 15) is 4.79 Å². The van der Waals surface area contributed by atoms with Crippen LogP contribution in [0.4, 0.5) is 0 Å². The van der Waals surface area contributed by atoms with Crippen molar-refractivity contribution in [3.63, 3.8) is 0 Å². The van der Waals surface area contributed by atoms with Gasteiger partial charge in [0.2, 0.25) is 0 Å². The van der Waals surface area contributed by atoms with Crippen LogP contribution in [-0.4, -0.2) is 12.8 Å². The van der Waals surface area contributed by atoms with Crippen LogP contribution >= 0.6 is 0 Å². The maximum Gasteiger partial charge on any atom is 0.165 e. The van der Waals surface area contributed by atoms with Crippen LogP contribution in [-0.2, 0) is 4.79 Å². The van der Waals surface area contributed by atoms with Crippen molar-refractivity contribution in [2.24, 2.45) is 11.8 Å². The highest BCUT2D eigenvalue weighted by molar-refractivity contribution is 5.71. The zero-order valence-corrected chi connectivity index (χ0v) is 15.8. The lowest BCUT2D eigenvalue weighted by Gasteiger charge is -2.20. The van der Waals surface area contributed by atoms with E-state index in [1.54, 1.807) is 6.08 Å². The summed E-state index contributed by atoms with van der Waals surface area (Å²) in [6.45, 7) is 13.8. The molecule has 0 fully saturated rings. The summed E-state index contributed by atoms with van der Waals surface area (Å²) in [5.41, 5.74) is 0.660. The number of allylic oxidation sites excluding steroid dienone is 4. The number of nitrogens with one attached hydrogen (secondary N) is 1. The van der Waals surface area contributed by atoms with Gasteiger partial charge in [0.05, 0.1) is 5.70 Å². The molecule has 0 aliphatic heterocycles. The second kappa shape index (κ2) is 18.0. The average Bonchev–Trinajstić information content (AvgIpc) is 2.53. The predicted molar refractivity (Wildman–Crippen MR) is 100 cm³/mol. The summed E-state index contributed by atoms with van der Waals surface area (Å²) in [4.78, 5) is 10.00.